The molecule has 0 aliphatic carbocycles. The van der Waals surface area contributed by atoms with E-state index in [0.717, 1.165) is 11.3 Å². The van der Waals surface area contributed by atoms with Gasteiger partial charge in [-0.05, 0) is 37.7 Å². The van der Waals surface area contributed by atoms with Crippen molar-refractivity contribution in [3.63, 3.8) is 0 Å². The fraction of sp³-hybridized carbons (Fsp3) is 0.333. The Morgan fingerprint density at radius 3 is 2.50 bits per heavy atom. The van der Waals surface area contributed by atoms with Crippen LogP contribution in [0.3, 0.4) is 0 Å². The number of rotatable bonds is 2. The SMILES string of the molecule is Cc1ccc(O[Si](C)C)c(Cl)c1. The first-order chi connectivity index (χ1) is 5.59. The molecule has 0 atom stereocenters. The van der Waals surface area contributed by atoms with Gasteiger partial charge in [0, 0.05) is 0 Å². The molecule has 0 aliphatic heterocycles. The summed E-state index contributed by atoms with van der Waals surface area (Å²) in [6.45, 7) is 6.18. The van der Waals surface area contributed by atoms with Crippen molar-refractivity contribution < 1.29 is 4.43 Å². The Morgan fingerprint density at radius 1 is 1.33 bits per heavy atom. The van der Waals surface area contributed by atoms with Crippen molar-refractivity contribution >= 4 is 20.6 Å². The average Bonchev–Trinajstić information content (AvgIpc) is 1.94. The Morgan fingerprint density at radius 2 is 2.00 bits per heavy atom. The molecule has 1 aromatic carbocycles. The minimum atomic E-state index is -0.706. The van der Waals surface area contributed by atoms with E-state index < -0.39 is 9.04 Å². The maximum absolute atomic E-state index is 5.96. The molecule has 0 aliphatic rings. The molecule has 12 heavy (non-hydrogen) atoms. The number of aryl methyl sites for hydroxylation is 1. The Bertz CT molecular complexity index is 273. The summed E-state index contributed by atoms with van der Waals surface area (Å²) in [6.07, 6.45) is 0. The van der Waals surface area contributed by atoms with Gasteiger partial charge in [-0.1, -0.05) is 17.7 Å². The van der Waals surface area contributed by atoms with Crippen molar-refractivity contribution in [3.8, 4) is 5.75 Å². The van der Waals surface area contributed by atoms with Crippen LogP contribution in [0.4, 0.5) is 0 Å². The van der Waals surface area contributed by atoms with Crippen LogP contribution in [-0.4, -0.2) is 9.04 Å². The predicted octanol–water partition coefficient (Wildman–Crippen LogP) is 3.28. The van der Waals surface area contributed by atoms with E-state index in [9.17, 15) is 0 Å². The zero-order valence-electron chi connectivity index (χ0n) is 7.52. The first-order valence-electron chi connectivity index (χ1n) is 3.84. The van der Waals surface area contributed by atoms with Gasteiger partial charge in [0.05, 0.1) is 5.02 Å². The molecule has 0 N–H and O–H groups in total. The lowest BCUT2D eigenvalue weighted by Crippen LogP contribution is -2.11. The Labute approximate surface area is 80.0 Å². The van der Waals surface area contributed by atoms with Gasteiger partial charge in [0.1, 0.15) is 5.75 Å². The maximum Gasteiger partial charge on any atom is 0.274 e. The molecule has 0 spiro atoms. The van der Waals surface area contributed by atoms with Gasteiger partial charge >= 0.3 is 0 Å². The van der Waals surface area contributed by atoms with Crippen molar-refractivity contribution in [2.24, 2.45) is 0 Å². The lowest BCUT2D eigenvalue weighted by molar-refractivity contribution is 0.581. The zero-order chi connectivity index (χ0) is 9.14. The van der Waals surface area contributed by atoms with Crippen LogP contribution in [0, 0.1) is 6.92 Å². The molecule has 0 fully saturated rings. The second kappa shape index (κ2) is 3.96. The molecule has 3 heteroatoms. The van der Waals surface area contributed by atoms with E-state index in [1.54, 1.807) is 0 Å². The molecule has 1 rings (SSSR count). The van der Waals surface area contributed by atoms with E-state index in [0.29, 0.717) is 5.02 Å². The minimum Gasteiger partial charge on any atom is -0.542 e. The number of hydrogen-bond donors (Lipinski definition) is 0. The highest BCUT2D eigenvalue weighted by molar-refractivity contribution is 6.49. The fourth-order valence-electron chi connectivity index (χ4n) is 0.909. The van der Waals surface area contributed by atoms with Crippen molar-refractivity contribution in [1.82, 2.24) is 0 Å². The number of benzene rings is 1. The van der Waals surface area contributed by atoms with Gasteiger partial charge in [0.2, 0.25) is 0 Å². The molecule has 0 bridgehead atoms. The van der Waals surface area contributed by atoms with Gasteiger partial charge in [-0.25, -0.2) is 0 Å². The third-order valence-corrected chi connectivity index (χ3v) is 2.32. The van der Waals surface area contributed by atoms with E-state index in [1.165, 1.54) is 0 Å². The monoisotopic (exact) mass is 199 g/mol. The second-order valence-electron chi connectivity index (χ2n) is 2.94. The standard InChI is InChI=1S/C9H12ClOSi/c1-7-4-5-9(8(10)6-7)11-12(2)3/h4-6H,1-3H3. The lowest BCUT2D eigenvalue weighted by atomic mass is 10.2. The maximum atomic E-state index is 5.96. The minimum absolute atomic E-state index is 0.706. The summed E-state index contributed by atoms with van der Waals surface area (Å²) in [4.78, 5) is 0. The van der Waals surface area contributed by atoms with Crippen LogP contribution >= 0.6 is 11.6 Å². The van der Waals surface area contributed by atoms with E-state index >= 15 is 0 Å². The molecule has 1 nitrogen and oxygen atoms in total. The molecule has 0 amide bonds. The molecule has 0 unspecified atom stereocenters. The largest absolute Gasteiger partial charge is 0.542 e. The number of halogens is 1. The molecule has 0 heterocycles. The third-order valence-electron chi connectivity index (χ3n) is 1.40. The van der Waals surface area contributed by atoms with Crippen LogP contribution in [0.1, 0.15) is 5.56 Å². The summed E-state index contributed by atoms with van der Waals surface area (Å²) < 4.78 is 5.57. The fourth-order valence-corrected chi connectivity index (χ4v) is 1.86. The van der Waals surface area contributed by atoms with Gasteiger partial charge in [0.25, 0.3) is 9.04 Å². The molecule has 65 valence electrons. The van der Waals surface area contributed by atoms with Gasteiger partial charge < -0.3 is 4.43 Å². The molecule has 1 radical (unpaired) electrons. The highest BCUT2D eigenvalue weighted by atomic mass is 35.5. The second-order valence-corrected chi connectivity index (χ2v) is 5.37. The Kier molecular flexibility index (Phi) is 3.17. The first-order valence-corrected chi connectivity index (χ1v) is 6.62. The molecule has 0 saturated heterocycles. The zero-order valence-corrected chi connectivity index (χ0v) is 9.27. The lowest BCUT2D eigenvalue weighted by Gasteiger charge is -2.09. The van der Waals surface area contributed by atoms with Crippen LogP contribution < -0.4 is 4.43 Å². The molecule has 0 aromatic heterocycles. The summed E-state index contributed by atoms with van der Waals surface area (Å²) in [5, 5.41) is 0.709. The normalized spacial score (nSPS) is 10.4. The topological polar surface area (TPSA) is 9.23 Å². The van der Waals surface area contributed by atoms with Crippen molar-refractivity contribution in [2.45, 2.75) is 20.0 Å². The predicted molar refractivity (Wildman–Crippen MR) is 54.3 cm³/mol. The average molecular weight is 200 g/mol. The summed E-state index contributed by atoms with van der Waals surface area (Å²) in [5.41, 5.74) is 1.16. The smallest absolute Gasteiger partial charge is 0.274 e. The van der Waals surface area contributed by atoms with Gasteiger partial charge in [-0.3, -0.25) is 0 Å². The summed E-state index contributed by atoms with van der Waals surface area (Å²) in [5.74, 6) is 0.807. The van der Waals surface area contributed by atoms with E-state index in [4.69, 9.17) is 16.0 Å². The Balaban J connectivity index is 2.86. The summed E-state index contributed by atoms with van der Waals surface area (Å²) in [7, 11) is -0.706. The van der Waals surface area contributed by atoms with Crippen LogP contribution in [0.15, 0.2) is 18.2 Å². The number of hydrogen-bond acceptors (Lipinski definition) is 1. The third kappa shape index (κ3) is 2.54. The Hall–Kier alpha value is -0.473. The van der Waals surface area contributed by atoms with Crippen LogP contribution in [0.5, 0.6) is 5.75 Å². The van der Waals surface area contributed by atoms with Crippen molar-refractivity contribution in [2.75, 3.05) is 0 Å². The van der Waals surface area contributed by atoms with Gasteiger partial charge in [-0.2, -0.15) is 0 Å². The van der Waals surface area contributed by atoms with E-state index in [2.05, 4.69) is 13.1 Å². The summed E-state index contributed by atoms with van der Waals surface area (Å²) in [6, 6.07) is 5.85. The quantitative estimate of drug-likeness (QED) is 0.665. The highest BCUT2D eigenvalue weighted by Crippen LogP contribution is 2.25. The summed E-state index contributed by atoms with van der Waals surface area (Å²) >= 11 is 5.96. The molecule has 1 aromatic rings. The molecular formula is C9H12ClOSi. The van der Waals surface area contributed by atoms with E-state index in [-0.39, 0.29) is 0 Å². The molecule has 0 saturated carbocycles. The highest BCUT2D eigenvalue weighted by Gasteiger charge is 2.04. The van der Waals surface area contributed by atoms with Crippen molar-refractivity contribution in [3.05, 3.63) is 28.8 Å². The van der Waals surface area contributed by atoms with E-state index in [1.807, 2.05) is 25.1 Å². The first kappa shape index (κ1) is 9.61. The van der Waals surface area contributed by atoms with Gasteiger partial charge in [-0.15, -0.1) is 0 Å². The van der Waals surface area contributed by atoms with Crippen LogP contribution in [0.25, 0.3) is 0 Å². The molecular weight excluding hydrogens is 188 g/mol. The van der Waals surface area contributed by atoms with Crippen LogP contribution in [-0.2, 0) is 0 Å². The van der Waals surface area contributed by atoms with Crippen molar-refractivity contribution in [1.29, 1.82) is 0 Å². The van der Waals surface area contributed by atoms with Gasteiger partial charge in [0.15, 0.2) is 0 Å². The van der Waals surface area contributed by atoms with Crippen LogP contribution in [0.2, 0.25) is 18.1 Å².